The van der Waals surface area contributed by atoms with Crippen molar-refractivity contribution in [2.75, 3.05) is 46.0 Å². The van der Waals surface area contributed by atoms with E-state index < -0.39 is 5.41 Å². The maximum Gasteiger partial charge on any atom is 0.307 e. The van der Waals surface area contributed by atoms with Crippen LogP contribution >= 0.6 is 0 Å². The molecule has 3 fully saturated rings. The van der Waals surface area contributed by atoms with Crippen LogP contribution in [0.3, 0.4) is 0 Å². The predicted molar refractivity (Wildman–Crippen MR) is 123 cm³/mol. The van der Waals surface area contributed by atoms with Crippen LogP contribution in [0.5, 0.6) is 0 Å². The highest BCUT2D eigenvalue weighted by atomic mass is 16.6. The topological polar surface area (TPSA) is 84.9 Å². The van der Waals surface area contributed by atoms with Crippen LogP contribution in [0.25, 0.3) is 0 Å². The molecule has 0 N–H and O–H groups in total. The van der Waals surface area contributed by atoms with Crippen LogP contribution in [-0.2, 0) is 28.6 Å². The van der Waals surface area contributed by atoms with Gasteiger partial charge in [-0.15, -0.1) is 0 Å². The predicted octanol–water partition coefficient (Wildman–Crippen LogP) is 2.64. The Morgan fingerprint density at radius 2 is 1.18 bits per heavy atom. The second kappa shape index (κ2) is 11.6. The summed E-state index contributed by atoms with van der Waals surface area (Å²) in [5, 5.41) is 0. The standard InChI is InChI=1S/C25H42N2O6/c1-5-25(15-31-22(28)7-6-21-12-18(21)2,16-32-23(29)8-10-26-13-19(26)3)17-33-24(30)9-11-27-14-20(27)4/h18-21H,5-17H2,1-4H3. The van der Waals surface area contributed by atoms with E-state index in [1.807, 2.05) is 6.92 Å². The lowest BCUT2D eigenvalue weighted by Gasteiger charge is -2.31. The maximum atomic E-state index is 12.3. The van der Waals surface area contributed by atoms with Crippen molar-refractivity contribution in [2.24, 2.45) is 17.3 Å². The summed E-state index contributed by atoms with van der Waals surface area (Å²) in [6.45, 7) is 12.0. The minimum absolute atomic E-state index is 0.0707. The Morgan fingerprint density at radius 1 is 0.788 bits per heavy atom. The van der Waals surface area contributed by atoms with Gasteiger partial charge in [0.05, 0.1) is 18.3 Å². The summed E-state index contributed by atoms with van der Waals surface area (Å²) >= 11 is 0. The van der Waals surface area contributed by atoms with Gasteiger partial charge in [0.2, 0.25) is 0 Å². The molecule has 0 aromatic heterocycles. The number of carbonyl (C=O) groups excluding carboxylic acids is 3. The first-order chi connectivity index (χ1) is 15.7. The SMILES string of the molecule is CCC(COC(=O)CCC1CC1C)(COC(=O)CCN1CC1C)COC(=O)CCN1CC1C. The fraction of sp³-hybridized carbons (Fsp3) is 0.880. The highest BCUT2D eigenvalue weighted by Crippen LogP contribution is 2.41. The van der Waals surface area contributed by atoms with Crippen molar-refractivity contribution in [3.63, 3.8) is 0 Å². The van der Waals surface area contributed by atoms with E-state index in [9.17, 15) is 14.4 Å². The van der Waals surface area contributed by atoms with Crippen molar-refractivity contribution >= 4 is 17.9 Å². The van der Waals surface area contributed by atoms with Crippen LogP contribution in [0.2, 0.25) is 0 Å². The molecule has 3 rings (SSSR count). The Hall–Kier alpha value is -1.67. The monoisotopic (exact) mass is 466 g/mol. The smallest absolute Gasteiger partial charge is 0.307 e. The molecular weight excluding hydrogens is 424 g/mol. The van der Waals surface area contributed by atoms with Gasteiger partial charge in [-0.05, 0) is 44.9 Å². The van der Waals surface area contributed by atoms with E-state index in [0.29, 0.717) is 62.7 Å². The fourth-order valence-electron chi connectivity index (χ4n) is 4.13. The molecule has 6 unspecified atom stereocenters. The molecular formula is C25H42N2O6. The molecule has 3 aliphatic rings. The molecule has 0 bridgehead atoms. The summed E-state index contributed by atoms with van der Waals surface area (Å²) in [6, 6.07) is 1.08. The van der Waals surface area contributed by atoms with Crippen LogP contribution in [0, 0.1) is 17.3 Å². The second-order valence-corrected chi connectivity index (χ2v) is 10.5. The number of hydrogen-bond acceptors (Lipinski definition) is 8. The van der Waals surface area contributed by atoms with Crippen molar-refractivity contribution < 1.29 is 28.6 Å². The summed E-state index contributed by atoms with van der Waals surface area (Å²) in [7, 11) is 0. The molecule has 0 spiro atoms. The Bertz CT molecular complexity index is 610. The third-order valence-electron chi connectivity index (χ3n) is 7.55. The summed E-state index contributed by atoms with van der Waals surface area (Å²) in [6.07, 6.45) is 3.66. The molecule has 6 atom stereocenters. The molecule has 0 radical (unpaired) electrons. The maximum absolute atomic E-state index is 12.3. The highest BCUT2D eigenvalue weighted by Gasteiger charge is 2.36. The minimum atomic E-state index is -0.728. The summed E-state index contributed by atoms with van der Waals surface area (Å²) < 4.78 is 16.7. The lowest BCUT2D eigenvalue weighted by Crippen LogP contribution is -2.39. The minimum Gasteiger partial charge on any atom is -0.465 e. The second-order valence-electron chi connectivity index (χ2n) is 10.5. The van der Waals surface area contributed by atoms with E-state index in [-0.39, 0.29) is 37.7 Å². The Labute approximate surface area is 198 Å². The van der Waals surface area contributed by atoms with Gasteiger partial charge in [0.15, 0.2) is 0 Å². The van der Waals surface area contributed by atoms with Gasteiger partial charge >= 0.3 is 17.9 Å². The number of hydrogen-bond donors (Lipinski definition) is 0. The number of esters is 3. The molecule has 1 aliphatic carbocycles. The molecule has 0 amide bonds. The van der Waals surface area contributed by atoms with Crippen LogP contribution < -0.4 is 0 Å². The summed E-state index contributed by atoms with van der Waals surface area (Å²) in [5.41, 5.74) is -0.728. The van der Waals surface area contributed by atoms with Gasteiger partial charge < -0.3 is 14.2 Å². The number of nitrogens with zero attached hydrogens (tertiary/aromatic N) is 2. The number of carbonyl (C=O) groups is 3. The zero-order valence-electron chi connectivity index (χ0n) is 20.8. The van der Waals surface area contributed by atoms with E-state index >= 15 is 0 Å². The van der Waals surface area contributed by atoms with Gasteiger partial charge in [-0.2, -0.15) is 0 Å². The van der Waals surface area contributed by atoms with E-state index in [2.05, 4.69) is 30.6 Å². The normalized spacial score (nSPS) is 31.3. The zero-order chi connectivity index (χ0) is 24.0. The van der Waals surface area contributed by atoms with Crippen molar-refractivity contribution in [1.29, 1.82) is 0 Å². The molecule has 8 heteroatoms. The van der Waals surface area contributed by atoms with Crippen molar-refractivity contribution in [3.05, 3.63) is 0 Å². The quantitative estimate of drug-likeness (QED) is 0.195. The van der Waals surface area contributed by atoms with Gasteiger partial charge in [0.25, 0.3) is 0 Å². The largest absolute Gasteiger partial charge is 0.465 e. The number of ether oxygens (including phenoxy) is 3. The molecule has 1 saturated carbocycles. The number of rotatable bonds is 16. The molecule has 2 saturated heterocycles. The third kappa shape index (κ3) is 8.89. The molecule has 2 heterocycles. The molecule has 188 valence electrons. The van der Waals surface area contributed by atoms with Gasteiger partial charge in [0, 0.05) is 44.7 Å². The molecule has 33 heavy (non-hydrogen) atoms. The van der Waals surface area contributed by atoms with E-state index in [1.54, 1.807) is 0 Å². The Kier molecular flexibility index (Phi) is 9.16. The van der Waals surface area contributed by atoms with Crippen LogP contribution in [-0.4, -0.2) is 85.8 Å². The molecule has 2 aliphatic heterocycles. The van der Waals surface area contributed by atoms with Crippen LogP contribution in [0.15, 0.2) is 0 Å². The highest BCUT2D eigenvalue weighted by molar-refractivity contribution is 5.70. The molecule has 0 aromatic rings. The van der Waals surface area contributed by atoms with Crippen molar-refractivity contribution in [1.82, 2.24) is 9.80 Å². The third-order valence-corrected chi connectivity index (χ3v) is 7.55. The van der Waals surface area contributed by atoms with Crippen molar-refractivity contribution in [2.45, 2.75) is 78.3 Å². The average Bonchev–Trinajstić information content (AvgIpc) is 3.74. The first-order valence-corrected chi connectivity index (χ1v) is 12.7. The molecule has 8 nitrogen and oxygen atoms in total. The zero-order valence-corrected chi connectivity index (χ0v) is 20.8. The van der Waals surface area contributed by atoms with Gasteiger partial charge in [-0.1, -0.05) is 13.8 Å². The molecule has 0 aromatic carbocycles. The first kappa shape index (κ1) is 25.9. The summed E-state index contributed by atoms with van der Waals surface area (Å²) in [4.78, 5) is 41.3. The van der Waals surface area contributed by atoms with Crippen LogP contribution in [0.1, 0.15) is 66.2 Å². The summed E-state index contributed by atoms with van der Waals surface area (Å²) in [5.74, 6) is 0.544. The lowest BCUT2D eigenvalue weighted by molar-refractivity contribution is -0.162. The van der Waals surface area contributed by atoms with E-state index in [0.717, 1.165) is 19.5 Å². The van der Waals surface area contributed by atoms with Crippen molar-refractivity contribution in [3.8, 4) is 0 Å². The van der Waals surface area contributed by atoms with E-state index in [1.165, 1.54) is 6.42 Å². The van der Waals surface area contributed by atoms with Gasteiger partial charge in [-0.3, -0.25) is 24.2 Å². The van der Waals surface area contributed by atoms with Gasteiger partial charge in [0.1, 0.15) is 19.8 Å². The fourth-order valence-corrected chi connectivity index (χ4v) is 4.13. The first-order valence-electron chi connectivity index (χ1n) is 12.7. The lowest BCUT2D eigenvalue weighted by atomic mass is 9.88. The van der Waals surface area contributed by atoms with Crippen LogP contribution in [0.4, 0.5) is 0 Å². The Morgan fingerprint density at radius 3 is 1.52 bits per heavy atom. The Balaban J connectivity index is 1.46. The average molecular weight is 467 g/mol. The van der Waals surface area contributed by atoms with Gasteiger partial charge in [-0.25, -0.2) is 0 Å². The van der Waals surface area contributed by atoms with E-state index in [4.69, 9.17) is 14.2 Å².